The average molecular weight is 374 g/mol. The lowest BCUT2D eigenvalue weighted by Crippen LogP contribution is -2.34. The number of nitrogens with zero attached hydrogens (tertiary/aromatic N) is 2. The van der Waals surface area contributed by atoms with E-state index >= 15 is 0 Å². The highest BCUT2D eigenvalue weighted by atomic mass is 32.2. The lowest BCUT2D eigenvalue weighted by molar-refractivity contribution is -0.647. The zero-order valence-electron chi connectivity index (χ0n) is 15.9. The van der Waals surface area contributed by atoms with E-state index in [0.29, 0.717) is 0 Å². The standard InChI is InChI=1S/C23H21N2OS/c1-14-15(2)19(24(3)18-11-7-5-9-16(14)18)13-21-25(4)23-22(27-21)17-10-6-8-12-20(17)26-23/h5-13H,1-4H3/q+1. The summed E-state index contributed by atoms with van der Waals surface area (Å²) in [7, 11) is 4.23. The van der Waals surface area contributed by atoms with Gasteiger partial charge in [-0.2, -0.15) is 4.57 Å². The number of hydrogen-bond donors (Lipinski definition) is 0. The highest BCUT2D eigenvalue weighted by Crippen LogP contribution is 2.51. The Bertz CT molecular complexity index is 1250. The predicted molar refractivity (Wildman–Crippen MR) is 113 cm³/mol. The molecule has 134 valence electrons. The van der Waals surface area contributed by atoms with E-state index in [9.17, 15) is 0 Å². The molecule has 0 unspecified atom stereocenters. The Morgan fingerprint density at radius 1 is 0.963 bits per heavy atom. The van der Waals surface area contributed by atoms with Crippen molar-refractivity contribution in [2.75, 3.05) is 11.9 Å². The summed E-state index contributed by atoms with van der Waals surface area (Å²) in [5.41, 5.74) is 6.08. The van der Waals surface area contributed by atoms with E-state index in [0.717, 1.165) is 11.5 Å². The Labute approximate surface area is 162 Å². The number of benzene rings is 2. The van der Waals surface area contributed by atoms with Crippen molar-refractivity contribution in [1.29, 1.82) is 0 Å². The van der Waals surface area contributed by atoms with E-state index in [-0.39, 0.29) is 0 Å². The molecule has 4 heteroatoms. The summed E-state index contributed by atoms with van der Waals surface area (Å²) in [5.74, 6) is 0.935. The third-order valence-electron chi connectivity index (χ3n) is 5.61. The molecule has 0 N–H and O–H groups in total. The van der Waals surface area contributed by atoms with Gasteiger partial charge in [-0.3, -0.25) is 0 Å². The number of anilines is 1. The molecular formula is C23H21N2OS+. The van der Waals surface area contributed by atoms with Crippen LogP contribution in [0.25, 0.3) is 27.9 Å². The minimum absolute atomic E-state index is 0.935. The number of fused-ring (bicyclic) bond motifs is 4. The molecule has 0 bridgehead atoms. The van der Waals surface area contributed by atoms with Gasteiger partial charge in [-0.1, -0.05) is 36.0 Å². The smallest absolute Gasteiger partial charge is 0.215 e. The molecule has 2 aromatic heterocycles. The number of thioether (sulfide) groups is 1. The molecule has 0 spiro atoms. The quantitative estimate of drug-likeness (QED) is 0.407. The molecule has 1 aliphatic rings. The summed E-state index contributed by atoms with van der Waals surface area (Å²) in [6.45, 7) is 4.42. The fraction of sp³-hybridized carbons (Fsp3) is 0.174. The Morgan fingerprint density at radius 2 is 1.67 bits per heavy atom. The molecule has 27 heavy (non-hydrogen) atoms. The van der Waals surface area contributed by atoms with Crippen molar-refractivity contribution in [2.24, 2.45) is 7.05 Å². The van der Waals surface area contributed by atoms with Gasteiger partial charge < -0.3 is 9.32 Å². The molecule has 5 rings (SSSR count). The number of furan rings is 1. The molecule has 0 saturated heterocycles. The van der Waals surface area contributed by atoms with Crippen molar-refractivity contribution >= 4 is 45.6 Å². The van der Waals surface area contributed by atoms with Crippen molar-refractivity contribution < 1.29 is 8.98 Å². The molecule has 3 heterocycles. The van der Waals surface area contributed by atoms with Gasteiger partial charge in [0.25, 0.3) is 0 Å². The van der Waals surface area contributed by atoms with Crippen LogP contribution < -0.4 is 9.47 Å². The fourth-order valence-electron chi connectivity index (χ4n) is 3.91. The molecule has 0 radical (unpaired) electrons. The van der Waals surface area contributed by atoms with Gasteiger partial charge in [-0.25, -0.2) is 0 Å². The highest BCUT2D eigenvalue weighted by molar-refractivity contribution is 8.04. The maximum absolute atomic E-state index is 6.10. The lowest BCUT2D eigenvalue weighted by Gasteiger charge is -2.13. The van der Waals surface area contributed by atoms with Crippen LogP contribution in [0.5, 0.6) is 0 Å². The van der Waals surface area contributed by atoms with Crippen LogP contribution in [0.4, 0.5) is 5.88 Å². The second kappa shape index (κ2) is 5.89. The summed E-state index contributed by atoms with van der Waals surface area (Å²) in [4.78, 5) is 3.36. The molecule has 3 nitrogen and oxygen atoms in total. The van der Waals surface area contributed by atoms with Gasteiger partial charge in [-0.05, 0) is 37.6 Å². The van der Waals surface area contributed by atoms with E-state index in [4.69, 9.17) is 4.42 Å². The Hall–Kier alpha value is -2.72. The van der Waals surface area contributed by atoms with Crippen LogP contribution in [-0.4, -0.2) is 7.05 Å². The number of para-hydroxylation sites is 2. The molecule has 0 atom stereocenters. The molecule has 4 aromatic rings. The van der Waals surface area contributed by atoms with Crippen molar-refractivity contribution in [1.82, 2.24) is 0 Å². The number of pyridine rings is 1. The van der Waals surface area contributed by atoms with Crippen LogP contribution in [0.1, 0.15) is 16.8 Å². The van der Waals surface area contributed by atoms with E-state index < -0.39 is 0 Å². The van der Waals surface area contributed by atoms with Gasteiger partial charge in [0.15, 0.2) is 0 Å². The molecule has 0 aliphatic carbocycles. The summed E-state index contributed by atoms with van der Waals surface area (Å²) in [6, 6.07) is 16.8. The first-order chi connectivity index (χ1) is 13.1. The summed E-state index contributed by atoms with van der Waals surface area (Å²) in [6.07, 6.45) is 2.28. The van der Waals surface area contributed by atoms with Crippen LogP contribution in [-0.2, 0) is 7.05 Å². The Balaban J connectivity index is 1.67. The van der Waals surface area contributed by atoms with Crippen LogP contribution in [0.15, 0.2) is 62.9 Å². The van der Waals surface area contributed by atoms with Crippen LogP contribution >= 0.6 is 11.8 Å². The lowest BCUT2D eigenvalue weighted by atomic mass is 10.0. The average Bonchev–Trinajstić information content (AvgIpc) is 3.20. The predicted octanol–water partition coefficient (Wildman–Crippen LogP) is 5.57. The van der Waals surface area contributed by atoms with Gasteiger partial charge in [-0.15, -0.1) is 0 Å². The number of aryl methyl sites for hydroxylation is 2. The minimum Gasteiger partial charge on any atom is -0.439 e. The van der Waals surface area contributed by atoms with Crippen molar-refractivity contribution in [3.8, 4) is 0 Å². The third kappa shape index (κ3) is 2.33. The van der Waals surface area contributed by atoms with E-state index in [2.05, 4.69) is 79.9 Å². The largest absolute Gasteiger partial charge is 0.439 e. The van der Waals surface area contributed by atoms with E-state index in [1.807, 2.05) is 12.1 Å². The summed E-state index contributed by atoms with van der Waals surface area (Å²) in [5, 5.41) is 3.68. The minimum atomic E-state index is 0.935. The molecule has 0 fully saturated rings. The van der Waals surface area contributed by atoms with Gasteiger partial charge in [0.1, 0.15) is 12.6 Å². The normalized spacial score (nSPS) is 15.3. The van der Waals surface area contributed by atoms with Crippen molar-refractivity contribution in [3.05, 3.63) is 70.4 Å². The molecule has 2 aromatic carbocycles. The SMILES string of the molecule is Cc1c(C)c2ccccc2[n+](C)c1C=C1Sc2c(oc3ccccc23)N1C. The number of hydrogen-bond acceptors (Lipinski definition) is 3. The first-order valence-electron chi connectivity index (χ1n) is 9.09. The van der Waals surface area contributed by atoms with E-state index in [1.165, 1.54) is 43.0 Å². The summed E-state index contributed by atoms with van der Waals surface area (Å²) < 4.78 is 8.39. The van der Waals surface area contributed by atoms with Crippen LogP contribution in [0, 0.1) is 13.8 Å². The Morgan fingerprint density at radius 3 is 2.48 bits per heavy atom. The van der Waals surface area contributed by atoms with Gasteiger partial charge in [0.05, 0.1) is 9.92 Å². The molecule has 1 aliphatic heterocycles. The molecule has 0 saturated carbocycles. The van der Waals surface area contributed by atoms with Gasteiger partial charge in [0.2, 0.25) is 17.1 Å². The van der Waals surface area contributed by atoms with Crippen LogP contribution in [0.3, 0.4) is 0 Å². The first kappa shape index (κ1) is 16.5. The van der Waals surface area contributed by atoms with E-state index in [1.54, 1.807) is 11.8 Å². The van der Waals surface area contributed by atoms with Crippen molar-refractivity contribution in [2.45, 2.75) is 18.7 Å². The highest BCUT2D eigenvalue weighted by Gasteiger charge is 2.30. The molecular weight excluding hydrogens is 352 g/mol. The molecule has 0 amide bonds. The van der Waals surface area contributed by atoms with Crippen LogP contribution in [0.2, 0.25) is 0 Å². The number of rotatable bonds is 1. The zero-order chi connectivity index (χ0) is 18.7. The topological polar surface area (TPSA) is 20.3 Å². The maximum atomic E-state index is 6.10. The second-order valence-electron chi connectivity index (χ2n) is 7.09. The Kier molecular flexibility index (Phi) is 3.59. The maximum Gasteiger partial charge on any atom is 0.215 e. The number of aromatic nitrogens is 1. The van der Waals surface area contributed by atoms with Gasteiger partial charge >= 0.3 is 0 Å². The second-order valence-corrected chi connectivity index (χ2v) is 8.12. The monoisotopic (exact) mass is 373 g/mol. The van der Waals surface area contributed by atoms with Gasteiger partial charge in [0, 0.05) is 35.5 Å². The fourth-order valence-corrected chi connectivity index (χ4v) is 5.05. The zero-order valence-corrected chi connectivity index (χ0v) is 16.7. The first-order valence-corrected chi connectivity index (χ1v) is 9.90. The van der Waals surface area contributed by atoms with Crippen molar-refractivity contribution in [3.63, 3.8) is 0 Å². The third-order valence-corrected chi connectivity index (χ3v) is 6.81. The summed E-state index contributed by atoms with van der Waals surface area (Å²) >= 11 is 1.78.